The van der Waals surface area contributed by atoms with Crippen LogP contribution in [0.1, 0.15) is 30.5 Å². The lowest BCUT2D eigenvalue weighted by molar-refractivity contribution is -0.0320. The molecule has 0 fully saturated rings. The molecule has 4 rings (SSSR count). The number of hydrazine groups is 1. The molecule has 2 aliphatic heterocycles. The second-order valence-electron chi connectivity index (χ2n) is 5.57. The zero-order chi connectivity index (χ0) is 15.1. The highest BCUT2D eigenvalue weighted by molar-refractivity contribution is 5.67. The number of benzene rings is 2. The maximum absolute atomic E-state index is 13.1. The quantitative estimate of drug-likeness (QED) is 0.911. The van der Waals surface area contributed by atoms with Crippen molar-refractivity contribution in [2.75, 3.05) is 0 Å². The van der Waals surface area contributed by atoms with Gasteiger partial charge >= 0.3 is 0 Å². The summed E-state index contributed by atoms with van der Waals surface area (Å²) in [6.45, 7) is 2.10. The molecule has 4 heteroatoms. The van der Waals surface area contributed by atoms with Crippen LogP contribution < -0.4 is 10.2 Å². The fourth-order valence-corrected chi connectivity index (χ4v) is 3.08. The Hall–Kier alpha value is -2.33. The van der Waals surface area contributed by atoms with Gasteiger partial charge in [-0.05, 0) is 48.4 Å². The van der Waals surface area contributed by atoms with Gasteiger partial charge in [-0.25, -0.2) is 4.39 Å². The summed E-state index contributed by atoms with van der Waals surface area (Å²) in [5.74, 6) is 0.717. The molecule has 1 N–H and O–H groups in total. The number of hydrogen-bond donors (Lipinski definition) is 1. The van der Waals surface area contributed by atoms with Crippen molar-refractivity contribution in [2.24, 2.45) is 0 Å². The van der Waals surface area contributed by atoms with Crippen LogP contribution in [0.25, 0.3) is 5.70 Å². The Labute approximate surface area is 129 Å². The SMILES string of the molecule is CC[C@H]1Oc2ccccc2[C@@H]2C=C(c3ccc(F)cc3)NN12. The van der Waals surface area contributed by atoms with Crippen LogP contribution in [-0.2, 0) is 0 Å². The molecule has 0 radical (unpaired) electrons. The van der Waals surface area contributed by atoms with Crippen LogP contribution in [0.4, 0.5) is 4.39 Å². The van der Waals surface area contributed by atoms with Crippen LogP contribution in [0.2, 0.25) is 0 Å². The molecular formula is C18H17FN2O. The fourth-order valence-electron chi connectivity index (χ4n) is 3.08. The minimum Gasteiger partial charge on any atom is -0.473 e. The zero-order valence-electron chi connectivity index (χ0n) is 12.3. The molecule has 0 aliphatic carbocycles. The average Bonchev–Trinajstić information content (AvgIpc) is 3.00. The van der Waals surface area contributed by atoms with E-state index in [1.54, 1.807) is 12.1 Å². The molecule has 0 spiro atoms. The Bertz CT molecular complexity index is 726. The van der Waals surface area contributed by atoms with Crippen molar-refractivity contribution in [1.82, 2.24) is 10.4 Å². The summed E-state index contributed by atoms with van der Waals surface area (Å²) in [5, 5.41) is 2.13. The van der Waals surface area contributed by atoms with Crippen LogP contribution in [0.5, 0.6) is 5.75 Å². The molecule has 2 aromatic carbocycles. The Balaban J connectivity index is 1.74. The zero-order valence-corrected chi connectivity index (χ0v) is 12.3. The van der Waals surface area contributed by atoms with E-state index in [1.165, 1.54) is 12.1 Å². The molecule has 0 saturated heterocycles. The van der Waals surface area contributed by atoms with E-state index in [-0.39, 0.29) is 18.1 Å². The maximum atomic E-state index is 13.1. The lowest BCUT2D eigenvalue weighted by Crippen LogP contribution is -2.48. The molecule has 2 heterocycles. The second-order valence-corrected chi connectivity index (χ2v) is 5.57. The first kappa shape index (κ1) is 13.3. The van der Waals surface area contributed by atoms with Gasteiger partial charge in [0, 0.05) is 5.56 Å². The molecule has 0 unspecified atom stereocenters. The van der Waals surface area contributed by atoms with E-state index in [1.807, 2.05) is 18.2 Å². The fraction of sp³-hybridized carbons (Fsp3) is 0.222. The first-order valence-corrected chi connectivity index (χ1v) is 7.54. The van der Waals surface area contributed by atoms with Gasteiger partial charge in [0.05, 0.1) is 11.7 Å². The topological polar surface area (TPSA) is 24.5 Å². The van der Waals surface area contributed by atoms with E-state index in [0.29, 0.717) is 0 Å². The highest BCUT2D eigenvalue weighted by atomic mass is 19.1. The number of rotatable bonds is 2. The van der Waals surface area contributed by atoms with E-state index >= 15 is 0 Å². The van der Waals surface area contributed by atoms with Crippen molar-refractivity contribution in [3.05, 3.63) is 71.6 Å². The third-order valence-corrected chi connectivity index (χ3v) is 4.19. The van der Waals surface area contributed by atoms with E-state index in [9.17, 15) is 4.39 Å². The number of hydrogen-bond acceptors (Lipinski definition) is 3. The number of nitrogens with zero attached hydrogens (tertiary/aromatic N) is 1. The predicted octanol–water partition coefficient (Wildman–Crippen LogP) is 3.86. The Morgan fingerprint density at radius 3 is 2.68 bits per heavy atom. The van der Waals surface area contributed by atoms with Gasteiger partial charge in [-0.2, -0.15) is 5.01 Å². The van der Waals surface area contributed by atoms with E-state index in [2.05, 4.69) is 29.5 Å². The molecule has 0 aromatic heterocycles. The first-order valence-electron chi connectivity index (χ1n) is 7.54. The van der Waals surface area contributed by atoms with Crippen LogP contribution in [-0.4, -0.2) is 11.2 Å². The van der Waals surface area contributed by atoms with Crippen LogP contribution in [0.15, 0.2) is 54.6 Å². The van der Waals surface area contributed by atoms with Crippen molar-refractivity contribution in [3.8, 4) is 5.75 Å². The minimum atomic E-state index is -0.222. The highest BCUT2D eigenvalue weighted by Crippen LogP contribution is 2.41. The molecule has 2 atom stereocenters. The summed E-state index contributed by atoms with van der Waals surface area (Å²) >= 11 is 0. The predicted molar refractivity (Wildman–Crippen MR) is 83.2 cm³/mol. The highest BCUT2D eigenvalue weighted by Gasteiger charge is 2.38. The Kier molecular flexibility index (Phi) is 3.12. The van der Waals surface area contributed by atoms with Crippen LogP contribution in [0, 0.1) is 5.82 Å². The van der Waals surface area contributed by atoms with Crippen molar-refractivity contribution < 1.29 is 9.13 Å². The van der Waals surface area contributed by atoms with Crippen molar-refractivity contribution in [3.63, 3.8) is 0 Å². The van der Waals surface area contributed by atoms with Gasteiger partial charge in [0.25, 0.3) is 0 Å². The van der Waals surface area contributed by atoms with E-state index in [4.69, 9.17) is 4.74 Å². The molecule has 0 bridgehead atoms. The third-order valence-electron chi connectivity index (χ3n) is 4.19. The van der Waals surface area contributed by atoms with Gasteiger partial charge in [0.2, 0.25) is 0 Å². The number of nitrogens with one attached hydrogen (secondary N) is 1. The lowest BCUT2D eigenvalue weighted by atomic mass is 10.0. The second kappa shape index (κ2) is 5.14. The van der Waals surface area contributed by atoms with Crippen molar-refractivity contribution >= 4 is 5.70 Å². The molecule has 0 saturated carbocycles. The van der Waals surface area contributed by atoms with Gasteiger partial charge in [-0.15, -0.1) is 0 Å². The van der Waals surface area contributed by atoms with Gasteiger partial charge < -0.3 is 10.2 Å². The molecule has 0 amide bonds. The standard InChI is InChI=1S/C18H17FN2O/c1-2-18-21-16(14-5-3-4-6-17(14)22-18)11-15(20-21)12-7-9-13(19)10-8-12/h3-11,16,18,20H,2H2,1H3/t16-,18+/m0/s1. The number of ether oxygens (including phenoxy) is 1. The number of fused-ring (bicyclic) bond motifs is 3. The lowest BCUT2D eigenvalue weighted by Gasteiger charge is -2.38. The largest absolute Gasteiger partial charge is 0.473 e. The summed E-state index contributed by atoms with van der Waals surface area (Å²) in [5.41, 5.74) is 6.53. The minimum absolute atomic E-state index is 0.0194. The van der Waals surface area contributed by atoms with E-state index < -0.39 is 0 Å². The van der Waals surface area contributed by atoms with Crippen molar-refractivity contribution in [1.29, 1.82) is 0 Å². The molecule has 2 aliphatic rings. The summed E-state index contributed by atoms with van der Waals surface area (Å²) < 4.78 is 19.2. The van der Waals surface area contributed by atoms with Crippen LogP contribution >= 0.6 is 0 Å². The summed E-state index contributed by atoms with van der Waals surface area (Å²) in [6.07, 6.45) is 3.04. The molecule has 22 heavy (non-hydrogen) atoms. The smallest absolute Gasteiger partial charge is 0.169 e. The molecule has 2 aromatic rings. The van der Waals surface area contributed by atoms with Gasteiger partial charge in [-0.1, -0.05) is 25.1 Å². The van der Waals surface area contributed by atoms with Gasteiger partial charge in [-0.3, -0.25) is 0 Å². The maximum Gasteiger partial charge on any atom is 0.169 e. The van der Waals surface area contributed by atoms with Crippen molar-refractivity contribution in [2.45, 2.75) is 25.6 Å². The first-order chi connectivity index (χ1) is 10.8. The Morgan fingerprint density at radius 1 is 1.14 bits per heavy atom. The molecule has 112 valence electrons. The van der Waals surface area contributed by atoms with Gasteiger partial charge in [0.15, 0.2) is 6.23 Å². The summed E-state index contributed by atoms with van der Waals surface area (Å²) in [6, 6.07) is 14.8. The number of halogens is 1. The number of para-hydroxylation sites is 1. The van der Waals surface area contributed by atoms with E-state index in [0.717, 1.165) is 29.0 Å². The van der Waals surface area contributed by atoms with Crippen LogP contribution in [0.3, 0.4) is 0 Å². The summed E-state index contributed by atoms with van der Waals surface area (Å²) in [4.78, 5) is 0. The summed E-state index contributed by atoms with van der Waals surface area (Å²) in [7, 11) is 0. The normalized spacial score (nSPS) is 23.1. The third kappa shape index (κ3) is 2.07. The monoisotopic (exact) mass is 296 g/mol. The average molecular weight is 296 g/mol. The molecular weight excluding hydrogens is 279 g/mol. The Morgan fingerprint density at radius 2 is 1.91 bits per heavy atom. The van der Waals surface area contributed by atoms with Gasteiger partial charge in [0.1, 0.15) is 11.6 Å². The molecule has 3 nitrogen and oxygen atoms in total.